The lowest BCUT2D eigenvalue weighted by molar-refractivity contribution is -0.386. The maximum atomic E-state index is 11.0. The number of ether oxygens (including phenoxy) is 1. The number of rotatable bonds is 3. The Labute approximate surface area is 116 Å². The van der Waals surface area contributed by atoms with E-state index in [-0.39, 0.29) is 23.6 Å². The summed E-state index contributed by atoms with van der Waals surface area (Å²) in [6, 6.07) is 4.25. The predicted molar refractivity (Wildman–Crippen MR) is 73.6 cm³/mol. The summed E-state index contributed by atoms with van der Waals surface area (Å²) in [5, 5.41) is 11.4. The molecule has 0 spiro atoms. The average Bonchev–Trinajstić information content (AvgIpc) is 2.55. The van der Waals surface area contributed by atoms with Crippen LogP contribution in [0.2, 0.25) is 5.02 Å². The number of nitro groups is 1. The van der Waals surface area contributed by atoms with Gasteiger partial charge in [0, 0.05) is 23.2 Å². The van der Waals surface area contributed by atoms with E-state index in [1.54, 1.807) is 0 Å². The topological polar surface area (TPSA) is 78.4 Å². The van der Waals surface area contributed by atoms with Gasteiger partial charge in [-0.05, 0) is 25.3 Å². The molecule has 1 aliphatic carbocycles. The molecule has 0 radical (unpaired) electrons. The molecule has 19 heavy (non-hydrogen) atoms. The zero-order valence-corrected chi connectivity index (χ0v) is 11.3. The number of hydrogen-bond donors (Lipinski definition) is 1. The minimum Gasteiger partial charge on any atom is -0.482 e. The van der Waals surface area contributed by atoms with Crippen molar-refractivity contribution in [2.45, 2.75) is 44.2 Å². The fourth-order valence-electron chi connectivity index (χ4n) is 2.34. The molecule has 1 fully saturated rings. The fourth-order valence-corrected chi connectivity index (χ4v) is 2.51. The summed E-state index contributed by atoms with van der Waals surface area (Å²) in [5.74, 6) is 0.208. The highest BCUT2D eigenvalue weighted by Crippen LogP contribution is 2.32. The van der Waals surface area contributed by atoms with Crippen molar-refractivity contribution in [1.82, 2.24) is 0 Å². The molecular weight excluding hydrogens is 268 g/mol. The van der Waals surface area contributed by atoms with Gasteiger partial charge >= 0.3 is 5.69 Å². The van der Waals surface area contributed by atoms with Gasteiger partial charge in [0.05, 0.1) is 4.92 Å². The van der Waals surface area contributed by atoms with Gasteiger partial charge in [0.25, 0.3) is 0 Å². The van der Waals surface area contributed by atoms with Crippen LogP contribution in [-0.4, -0.2) is 17.1 Å². The lowest BCUT2D eigenvalue weighted by Gasteiger charge is -2.22. The lowest BCUT2D eigenvalue weighted by atomic mass is 10.1. The molecule has 0 aromatic heterocycles. The van der Waals surface area contributed by atoms with Gasteiger partial charge in [-0.3, -0.25) is 10.1 Å². The molecule has 1 aromatic rings. The van der Waals surface area contributed by atoms with Gasteiger partial charge in [-0.2, -0.15) is 0 Å². The molecule has 2 atom stereocenters. The Bertz CT molecular complexity index is 467. The van der Waals surface area contributed by atoms with Gasteiger partial charge in [-0.25, -0.2) is 0 Å². The van der Waals surface area contributed by atoms with Crippen molar-refractivity contribution >= 4 is 17.3 Å². The summed E-state index contributed by atoms with van der Waals surface area (Å²) in [6.07, 6.45) is 4.78. The smallest absolute Gasteiger partial charge is 0.311 e. The highest BCUT2D eigenvalue weighted by atomic mass is 35.5. The van der Waals surface area contributed by atoms with Crippen molar-refractivity contribution in [1.29, 1.82) is 0 Å². The molecule has 2 N–H and O–H groups in total. The summed E-state index contributed by atoms with van der Waals surface area (Å²) < 4.78 is 5.77. The molecule has 1 saturated carbocycles. The zero-order valence-electron chi connectivity index (χ0n) is 10.5. The van der Waals surface area contributed by atoms with Crippen LogP contribution >= 0.6 is 11.6 Å². The number of nitrogens with two attached hydrogens (primary N) is 1. The van der Waals surface area contributed by atoms with Crippen molar-refractivity contribution in [3.63, 3.8) is 0 Å². The first-order valence-electron chi connectivity index (χ1n) is 6.44. The minimum atomic E-state index is -0.464. The molecule has 0 amide bonds. The normalized spacial score (nSPS) is 23.7. The fraction of sp³-hybridized carbons (Fsp3) is 0.538. The maximum Gasteiger partial charge on any atom is 0.311 e. The minimum absolute atomic E-state index is 0.0687. The van der Waals surface area contributed by atoms with E-state index in [4.69, 9.17) is 22.1 Å². The molecule has 1 aromatic carbocycles. The summed E-state index contributed by atoms with van der Waals surface area (Å²) in [4.78, 5) is 10.5. The quantitative estimate of drug-likeness (QED) is 0.525. The number of benzene rings is 1. The van der Waals surface area contributed by atoms with Crippen LogP contribution in [0, 0.1) is 10.1 Å². The van der Waals surface area contributed by atoms with E-state index in [9.17, 15) is 10.1 Å². The third-order valence-corrected chi connectivity index (χ3v) is 3.64. The molecular formula is C13H17ClN2O3. The summed E-state index contributed by atoms with van der Waals surface area (Å²) in [6.45, 7) is 0. The predicted octanol–water partition coefficient (Wildman–Crippen LogP) is 3.29. The van der Waals surface area contributed by atoms with Crippen LogP contribution in [0.25, 0.3) is 0 Å². The van der Waals surface area contributed by atoms with Crippen molar-refractivity contribution in [2.24, 2.45) is 5.73 Å². The first kappa shape index (κ1) is 14.1. The Balaban J connectivity index is 2.21. The summed E-state index contributed by atoms with van der Waals surface area (Å²) in [7, 11) is 0. The van der Waals surface area contributed by atoms with Crippen LogP contribution in [0.15, 0.2) is 18.2 Å². The van der Waals surface area contributed by atoms with E-state index in [2.05, 4.69) is 0 Å². The first-order chi connectivity index (χ1) is 9.08. The molecule has 0 saturated heterocycles. The van der Waals surface area contributed by atoms with Crippen LogP contribution in [-0.2, 0) is 0 Å². The highest BCUT2D eigenvalue weighted by molar-refractivity contribution is 6.30. The molecule has 0 bridgehead atoms. The van der Waals surface area contributed by atoms with Crippen LogP contribution < -0.4 is 10.5 Å². The second kappa shape index (κ2) is 6.21. The largest absolute Gasteiger partial charge is 0.482 e. The molecule has 2 unspecified atom stereocenters. The Hall–Kier alpha value is -1.33. The number of hydrogen-bond acceptors (Lipinski definition) is 4. The first-order valence-corrected chi connectivity index (χ1v) is 6.82. The van der Waals surface area contributed by atoms with Crippen LogP contribution in [0.1, 0.15) is 32.1 Å². The summed E-state index contributed by atoms with van der Waals surface area (Å²) >= 11 is 5.87. The van der Waals surface area contributed by atoms with Gasteiger partial charge in [-0.1, -0.05) is 24.4 Å². The molecule has 104 valence electrons. The van der Waals surface area contributed by atoms with E-state index in [0.29, 0.717) is 5.02 Å². The molecule has 0 heterocycles. The lowest BCUT2D eigenvalue weighted by Crippen LogP contribution is -2.38. The van der Waals surface area contributed by atoms with Gasteiger partial charge in [0.2, 0.25) is 0 Å². The van der Waals surface area contributed by atoms with Crippen LogP contribution in [0.3, 0.4) is 0 Å². The highest BCUT2D eigenvalue weighted by Gasteiger charge is 2.25. The van der Waals surface area contributed by atoms with E-state index in [0.717, 1.165) is 32.1 Å². The molecule has 5 nitrogen and oxygen atoms in total. The second-order valence-corrected chi connectivity index (χ2v) is 5.26. The Morgan fingerprint density at radius 3 is 2.79 bits per heavy atom. The van der Waals surface area contributed by atoms with Crippen molar-refractivity contribution in [3.05, 3.63) is 33.3 Å². The zero-order chi connectivity index (χ0) is 13.8. The van der Waals surface area contributed by atoms with Crippen LogP contribution in [0.5, 0.6) is 5.75 Å². The number of nitrogens with zero attached hydrogens (tertiary/aromatic N) is 1. The molecule has 6 heteroatoms. The van der Waals surface area contributed by atoms with E-state index in [1.807, 2.05) is 0 Å². The summed E-state index contributed by atoms with van der Waals surface area (Å²) in [5.41, 5.74) is 5.99. The third-order valence-electron chi connectivity index (χ3n) is 3.40. The van der Waals surface area contributed by atoms with Crippen molar-refractivity contribution < 1.29 is 9.66 Å². The standard InChI is InChI=1S/C13H17ClN2O3/c14-9-6-7-11(16(17)18)13(8-9)19-12-5-3-1-2-4-10(12)15/h6-8,10,12H,1-5,15H2. The van der Waals surface area contributed by atoms with Crippen molar-refractivity contribution in [2.75, 3.05) is 0 Å². The molecule has 0 aliphatic heterocycles. The van der Waals surface area contributed by atoms with E-state index < -0.39 is 4.92 Å². The van der Waals surface area contributed by atoms with Gasteiger partial charge in [0.15, 0.2) is 5.75 Å². The number of nitro benzene ring substituents is 1. The molecule has 2 rings (SSSR count). The average molecular weight is 285 g/mol. The Morgan fingerprint density at radius 2 is 2.05 bits per heavy atom. The van der Waals surface area contributed by atoms with Gasteiger partial charge in [-0.15, -0.1) is 0 Å². The third kappa shape index (κ3) is 3.58. The van der Waals surface area contributed by atoms with Gasteiger partial charge in [0.1, 0.15) is 6.10 Å². The molecule has 1 aliphatic rings. The van der Waals surface area contributed by atoms with E-state index >= 15 is 0 Å². The monoisotopic (exact) mass is 284 g/mol. The second-order valence-electron chi connectivity index (χ2n) is 4.83. The van der Waals surface area contributed by atoms with Crippen molar-refractivity contribution in [3.8, 4) is 5.75 Å². The SMILES string of the molecule is NC1CCCCCC1Oc1cc(Cl)ccc1[N+](=O)[O-]. The van der Waals surface area contributed by atoms with Gasteiger partial charge < -0.3 is 10.5 Å². The number of halogens is 1. The van der Waals surface area contributed by atoms with Crippen LogP contribution in [0.4, 0.5) is 5.69 Å². The van der Waals surface area contributed by atoms with E-state index in [1.165, 1.54) is 18.2 Å². The maximum absolute atomic E-state index is 11.0. The Morgan fingerprint density at radius 1 is 1.32 bits per heavy atom. The Kier molecular flexibility index (Phi) is 4.61.